The van der Waals surface area contributed by atoms with E-state index in [0.717, 1.165) is 18.8 Å². The first kappa shape index (κ1) is 14.8. The molecule has 118 valence electrons. The van der Waals surface area contributed by atoms with E-state index in [-0.39, 0.29) is 11.8 Å². The molecule has 2 aliphatic rings. The molecule has 1 atom stereocenters. The third-order valence-corrected chi connectivity index (χ3v) is 4.28. The van der Waals surface area contributed by atoms with Crippen molar-refractivity contribution in [2.45, 2.75) is 13.3 Å². The molecule has 7 heteroatoms. The van der Waals surface area contributed by atoms with Crippen molar-refractivity contribution in [2.24, 2.45) is 5.41 Å². The van der Waals surface area contributed by atoms with Crippen LogP contribution in [0.5, 0.6) is 0 Å². The zero-order valence-corrected chi connectivity index (χ0v) is 12.6. The lowest BCUT2D eigenvalue weighted by Crippen LogP contribution is -2.40. The molecule has 0 radical (unpaired) electrons. The van der Waals surface area contributed by atoms with Crippen molar-refractivity contribution in [3.63, 3.8) is 0 Å². The molecule has 7 nitrogen and oxygen atoms in total. The van der Waals surface area contributed by atoms with E-state index in [0.29, 0.717) is 32.0 Å². The molecule has 3 rings (SSSR count). The summed E-state index contributed by atoms with van der Waals surface area (Å²) in [6.07, 6.45) is 2.24. The van der Waals surface area contributed by atoms with Gasteiger partial charge in [-0.15, -0.1) is 0 Å². The van der Waals surface area contributed by atoms with E-state index in [2.05, 4.69) is 20.5 Å². The minimum Gasteiger partial charge on any atom is -0.378 e. The Morgan fingerprint density at radius 3 is 2.77 bits per heavy atom. The van der Waals surface area contributed by atoms with Gasteiger partial charge in [0.15, 0.2) is 0 Å². The highest BCUT2D eigenvalue weighted by molar-refractivity contribution is 6.11. The van der Waals surface area contributed by atoms with Gasteiger partial charge in [-0.3, -0.25) is 9.59 Å². The van der Waals surface area contributed by atoms with E-state index < -0.39 is 5.41 Å². The number of hydrogen-bond acceptors (Lipinski definition) is 5. The average Bonchev–Trinajstić information content (AvgIpc) is 2.89. The Bertz CT molecular complexity index is 569. The minimum atomic E-state index is -1.01. The van der Waals surface area contributed by atoms with Crippen LogP contribution >= 0.6 is 0 Å². The van der Waals surface area contributed by atoms with Gasteiger partial charge < -0.3 is 20.3 Å². The van der Waals surface area contributed by atoms with Gasteiger partial charge in [0.2, 0.25) is 11.8 Å². The Balaban J connectivity index is 1.66. The lowest BCUT2D eigenvalue weighted by molar-refractivity contribution is -0.136. The van der Waals surface area contributed by atoms with E-state index in [1.807, 2.05) is 6.07 Å². The monoisotopic (exact) mass is 304 g/mol. The number of hydrogen-bond donors (Lipinski definition) is 2. The Hall–Kier alpha value is -2.15. The van der Waals surface area contributed by atoms with Crippen molar-refractivity contribution < 1.29 is 14.3 Å². The first-order chi connectivity index (χ1) is 10.6. The van der Waals surface area contributed by atoms with Crippen LogP contribution in [-0.4, -0.2) is 49.6 Å². The standard InChI is InChI=1S/C15H20N4O3/c1-15(4-5-16-13(15)20)14(21)18-12-3-2-11(10-17-12)19-6-8-22-9-7-19/h2-3,10H,4-9H2,1H3,(H,16,20)(H,17,18,21). The molecular formula is C15H20N4O3. The number of rotatable bonds is 3. The van der Waals surface area contributed by atoms with Crippen molar-refractivity contribution in [3.05, 3.63) is 18.3 Å². The van der Waals surface area contributed by atoms with Crippen LogP contribution in [0.3, 0.4) is 0 Å². The number of carbonyl (C=O) groups excluding carboxylic acids is 2. The van der Waals surface area contributed by atoms with E-state index in [9.17, 15) is 9.59 Å². The summed E-state index contributed by atoms with van der Waals surface area (Å²) in [5.74, 6) is -0.0769. The van der Waals surface area contributed by atoms with Gasteiger partial charge in [-0.1, -0.05) is 0 Å². The summed E-state index contributed by atoms with van der Waals surface area (Å²) in [7, 11) is 0. The quantitative estimate of drug-likeness (QED) is 0.789. The van der Waals surface area contributed by atoms with Crippen molar-refractivity contribution in [1.82, 2.24) is 10.3 Å². The van der Waals surface area contributed by atoms with Crippen molar-refractivity contribution in [3.8, 4) is 0 Å². The number of aromatic nitrogens is 1. The van der Waals surface area contributed by atoms with Crippen LogP contribution in [0.4, 0.5) is 11.5 Å². The number of amides is 2. The molecule has 1 unspecified atom stereocenters. The fourth-order valence-corrected chi connectivity index (χ4v) is 2.67. The number of ether oxygens (including phenoxy) is 1. The molecule has 0 spiro atoms. The molecule has 1 aromatic heterocycles. The fourth-order valence-electron chi connectivity index (χ4n) is 2.67. The van der Waals surface area contributed by atoms with E-state index in [4.69, 9.17) is 4.74 Å². The van der Waals surface area contributed by atoms with Crippen LogP contribution in [0.2, 0.25) is 0 Å². The van der Waals surface area contributed by atoms with Crippen LogP contribution < -0.4 is 15.5 Å². The molecule has 1 aromatic rings. The van der Waals surface area contributed by atoms with Gasteiger partial charge in [-0.25, -0.2) is 4.98 Å². The molecule has 0 aliphatic carbocycles. The molecule has 2 N–H and O–H groups in total. The lowest BCUT2D eigenvalue weighted by Gasteiger charge is -2.28. The van der Waals surface area contributed by atoms with Gasteiger partial charge >= 0.3 is 0 Å². The maximum atomic E-state index is 12.3. The number of anilines is 2. The van der Waals surface area contributed by atoms with Gasteiger partial charge in [0.05, 0.1) is 25.1 Å². The Morgan fingerprint density at radius 2 is 2.18 bits per heavy atom. The summed E-state index contributed by atoms with van der Waals surface area (Å²) in [5, 5.41) is 5.42. The molecule has 2 amide bonds. The normalized spacial score (nSPS) is 25.0. The predicted octanol–water partition coefficient (Wildman–Crippen LogP) is 0.383. The van der Waals surface area contributed by atoms with Crippen molar-refractivity contribution >= 4 is 23.3 Å². The summed E-state index contributed by atoms with van der Waals surface area (Å²) in [5.41, 5.74) is -0.00370. The predicted molar refractivity (Wildman–Crippen MR) is 81.6 cm³/mol. The molecule has 0 aromatic carbocycles. The highest BCUT2D eigenvalue weighted by atomic mass is 16.5. The molecule has 0 saturated carbocycles. The molecule has 0 bridgehead atoms. The molecule has 2 fully saturated rings. The van der Waals surface area contributed by atoms with E-state index in [1.54, 1.807) is 19.2 Å². The summed E-state index contributed by atoms with van der Waals surface area (Å²) in [4.78, 5) is 30.5. The van der Waals surface area contributed by atoms with Gasteiger partial charge in [-0.2, -0.15) is 0 Å². The Labute approximate surface area is 129 Å². The third-order valence-electron chi connectivity index (χ3n) is 4.28. The SMILES string of the molecule is CC1(C(=O)Nc2ccc(N3CCOCC3)cn2)CCNC1=O. The number of nitrogens with one attached hydrogen (secondary N) is 2. The van der Waals surface area contributed by atoms with Crippen LogP contribution in [0.25, 0.3) is 0 Å². The van der Waals surface area contributed by atoms with Crippen LogP contribution in [0.15, 0.2) is 18.3 Å². The summed E-state index contributed by atoms with van der Waals surface area (Å²) in [6.45, 7) is 5.30. The zero-order valence-electron chi connectivity index (χ0n) is 12.6. The highest BCUT2D eigenvalue weighted by Gasteiger charge is 2.44. The molecular weight excluding hydrogens is 284 g/mol. The number of carbonyl (C=O) groups is 2. The fraction of sp³-hybridized carbons (Fsp3) is 0.533. The number of nitrogens with zero attached hydrogens (tertiary/aromatic N) is 2. The molecule has 3 heterocycles. The summed E-state index contributed by atoms with van der Waals surface area (Å²) in [6, 6.07) is 3.68. The Morgan fingerprint density at radius 1 is 1.41 bits per heavy atom. The van der Waals surface area contributed by atoms with Crippen LogP contribution in [-0.2, 0) is 14.3 Å². The van der Waals surface area contributed by atoms with Crippen molar-refractivity contribution in [1.29, 1.82) is 0 Å². The molecule has 2 aliphatic heterocycles. The lowest BCUT2D eigenvalue weighted by atomic mass is 9.88. The number of pyridine rings is 1. The second-order valence-corrected chi connectivity index (χ2v) is 5.79. The summed E-state index contributed by atoms with van der Waals surface area (Å²) < 4.78 is 5.32. The maximum Gasteiger partial charge on any atom is 0.241 e. The first-order valence-electron chi connectivity index (χ1n) is 7.48. The third kappa shape index (κ3) is 2.76. The number of morpholine rings is 1. The maximum absolute atomic E-state index is 12.3. The second-order valence-electron chi connectivity index (χ2n) is 5.79. The van der Waals surface area contributed by atoms with Gasteiger partial charge in [0.1, 0.15) is 11.2 Å². The molecule has 22 heavy (non-hydrogen) atoms. The average molecular weight is 304 g/mol. The second kappa shape index (κ2) is 5.92. The summed E-state index contributed by atoms with van der Waals surface area (Å²) >= 11 is 0. The minimum absolute atomic E-state index is 0.227. The van der Waals surface area contributed by atoms with Gasteiger partial charge in [-0.05, 0) is 25.5 Å². The van der Waals surface area contributed by atoms with Gasteiger partial charge in [0.25, 0.3) is 0 Å². The molecule has 2 saturated heterocycles. The smallest absolute Gasteiger partial charge is 0.241 e. The van der Waals surface area contributed by atoms with E-state index in [1.165, 1.54) is 0 Å². The highest BCUT2D eigenvalue weighted by Crippen LogP contribution is 2.27. The zero-order chi connectivity index (χ0) is 15.6. The van der Waals surface area contributed by atoms with E-state index >= 15 is 0 Å². The van der Waals surface area contributed by atoms with Gasteiger partial charge in [0, 0.05) is 19.6 Å². The van der Waals surface area contributed by atoms with Crippen molar-refractivity contribution in [2.75, 3.05) is 43.1 Å². The van der Waals surface area contributed by atoms with Crippen LogP contribution in [0, 0.1) is 5.41 Å². The van der Waals surface area contributed by atoms with Crippen LogP contribution in [0.1, 0.15) is 13.3 Å². The topological polar surface area (TPSA) is 83.6 Å². The Kier molecular flexibility index (Phi) is 3.98. The largest absolute Gasteiger partial charge is 0.378 e. The first-order valence-corrected chi connectivity index (χ1v) is 7.48.